The van der Waals surface area contributed by atoms with E-state index in [4.69, 9.17) is 5.73 Å². The van der Waals surface area contributed by atoms with Gasteiger partial charge in [0.2, 0.25) is 0 Å². The molecule has 2 heterocycles. The van der Waals surface area contributed by atoms with Crippen molar-refractivity contribution in [1.29, 1.82) is 0 Å². The van der Waals surface area contributed by atoms with Crippen LogP contribution in [0.25, 0.3) is 10.9 Å². The molecular weight excluding hydrogens is 326 g/mol. The topological polar surface area (TPSA) is 80.9 Å². The van der Waals surface area contributed by atoms with Gasteiger partial charge in [-0.25, -0.2) is 0 Å². The van der Waals surface area contributed by atoms with Gasteiger partial charge in [0.1, 0.15) is 0 Å². The number of H-pyrrole nitrogens is 1. The zero-order valence-electron chi connectivity index (χ0n) is 15.9. The largest absolute Gasteiger partial charge is 0.366 e. The number of hydrogen-bond acceptors (Lipinski definition) is 2. The van der Waals surface area contributed by atoms with Gasteiger partial charge in [0, 0.05) is 40.3 Å². The highest BCUT2D eigenvalue weighted by atomic mass is 16.1. The lowest BCUT2D eigenvalue weighted by Gasteiger charge is -2.13. The molecule has 0 unspecified atom stereocenters. The Hall–Kier alpha value is -2.82. The van der Waals surface area contributed by atoms with Crippen molar-refractivity contribution in [2.24, 2.45) is 5.73 Å². The summed E-state index contributed by atoms with van der Waals surface area (Å²) in [5.74, 6) is -0.436. The van der Waals surface area contributed by atoms with E-state index in [-0.39, 0.29) is 11.6 Å². The molecule has 0 radical (unpaired) electrons. The summed E-state index contributed by atoms with van der Waals surface area (Å²) in [6.07, 6.45) is 0.459. The van der Waals surface area contributed by atoms with Crippen LogP contribution in [0.5, 0.6) is 0 Å². The molecule has 0 saturated carbocycles. The number of aromatic amines is 1. The molecule has 3 rings (SSSR count). The van der Waals surface area contributed by atoms with E-state index < -0.39 is 5.91 Å². The molecule has 5 nitrogen and oxygen atoms in total. The van der Waals surface area contributed by atoms with Gasteiger partial charge in [-0.1, -0.05) is 12.1 Å². The first-order valence-corrected chi connectivity index (χ1v) is 8.84. The van der Waals surface area contributed by atoms with E-state index in [0.717, 1.165) is 33.4 Å². The van der Waals surface area contributed by atoms with Crippen molar-refractivity contribution < 1.29 is 4.79 Å². The second-order valence-corrected chi connectivity index (χ2v) is 7.22. The van der Waals surface area contributed by atoms with Crippen LogP contribution in [-0.4, -0.2) is 15.5 Å². The number of benzene rings is 1. The quantitative estimate of drug-likeness (QED) is 0.754. The van der Waals surface area contributed by atoms with Gasteiger partial charge in [-0.05, 0) is 57.9 Å². The highest BCUT2D eigenvalue weighted by Gasteiger charge is 2.22. The Balaban J connectivity index is 2.30. The maximum atomic E-state index is 12.4. The van der Waals surface area contributed by atoms with Crippen molar-refractivity contribution in [3.8, 4) is 0 Å². The minimum absolute atomic E-state index is 0.0832. The van der Waals surface area contributed by atoms with Crippen molar-refractivity contribution >= 4 is 16.8 Å². The number of nitrogens with one attached hydrogen (secondary N) is 1. The number of carbonyl (C=O) groups is 1. The molecule has 3 N–H and O–H groups in total. The molecule has 0 atom stereocenters. The molecule has 5 heteroatoms. The molecule has 1 amide bonds. The Morgan fingerprint density at radius 2 is 1.92 bits per heavy atom. The molecule has 0 saturated heterocycles. The number of nitrogens with two attached hydrogens (primary N) is 1. The number of aromatic nitrogens is 2. The third-order valence-corrected chi connectivity index (χ3v) is 4.99. The van der Waals surface area contributed by atoms with Crippen LogP contribution in [0, 0.1) is 20.8 Å². The predicted octanol–water partition coefficient (Wildman–Crippen LogP) is 3.53. The van der Waals surface area contributed by atoms with Gasteiger partial charge in [-0.2, -0.15) is 0 Å². The number of fused-ring (bicyclic) bond motifs is 1. The molecular formula is C21H25N3O2. The van der Waals surface area contributed by atoms with E-state index >= 15 is 0 Å². The Morgan fingerprint density at radius 3 is 2.50 bits per heavy atom. The fourth-order valence-electron chi connectivity index (χ4n) is 3.96. The number of hydrogen-bond donors (Lipinski definition) is 2. The minimum atomic E-state index is -0.436. The zero-order chi connectivity index (χ0) is 19.2. The smallest absolute Gasteiger partial charge is 0.251 e. The van der Waals surface area contributed by atoms with Crippen LogP contribution in [-0.2, 0) is 6.42 Å². The van der Waals surface area contributed by atoms with Crippen molar-refractivity contribution in [2.75, 3.05) is 0 Å². The van der Waals surface area contributed by atoms with Crippen molar-refractivity contribution in [2.45, 2.75) is 47.1 Å². The van der Waals surface area contributed by atoms with Crippen molar-refractivity contribution in [3.05, 3.63) is 68.3 Å². The van der Waals surface area contributed by atoms with Gasteiger partial charge >= 0.3 is 0 Å². The molecule has 26 heavy (non-hydrogen) atoms. The van der Waals surface area contributed by atoms with E-state index in [1.807, 2.05) is 45.0 Å². The molecule has 3 aromatic rings. The summed E-state index contributed by atoms with van der Waals surface area (Å²) in [5.41, 5.74) is 11.5. The fraction of sp³-hybridized carbons (Fsp3) is 0.333. The standard InChI is InChI=1S/C21H25N3O2/c1-11(2)24-14(5)18(20(22)25)19-15(7-6-8-17(19)24)10-16-12(3)9-13(4)23-21(16)26/h6-9,11H,10H2,1-5H3,(H2,22,25)(H,23,26). The van der Waals surface area contributed by atoms with Crippen LogP contribution in [0.4, 0.5) is 0 Å². The number of amides is 1. The highest BCUT2D eigenvalue weighted by molar-refractivity contribution is 6.09. The van der Waals surface area contributed by atoms with E-state index in [9.17, 15) is 9.59 Å². The summed E-state index contributed by atoms with van der Waals surface area (Å²) in [5, 5.41) is 0.852. The summed E-state index contributed by atoms with van der Waals surface area (Å²) in [6.45, 7) is 9.90. The Morgan fingerprint density at radius 1 is 1.23 bits per heavy atom. The number of pyridine rings is 1. The lowest BCUT2D eigenvalue weighted by atomic mass is 9.96. The van der Waals surface area contributed by atoms with Gasteiger partial charge < -0.3 is 15.3 Å². The van der Waals surface area contributed by atoms with E-state index in [1.54, 1.807) is 0 Å². The molecule has 1 aromatic carbocycles. The molecule has 0 spiro atoms. The first-order valence-electron chi connectivity index (χ1n) is 8.84. The van der Waals surface area contributed by atoms with Gasteiger partial charge in [-0.3, -0.25) is 9.59 Å². The molecule has 0 aliphatic heterocycles. The average Bonchev–Trinajstić information content (AvgIpc) is 2.83. The van der Waals surface area contributed by atoms with Crippen LogP contribution in [0.1, 0.15) is 58.3 Å². The third kappa shape index (κ3) is 2.83. The lowest BCUT2D eigenvalue weighted by Crippen LogP contribution is -2.16. The number of rotatable bonds is 4. The summed E-state index contributed by atoms with van der Waals surface area (Å²) >= 11 is 0. The molecule has 2 aromatic heterocycles. The summed E-state index contributed by atoms with van der Waals surface area (Å²) < 4.78 is 2.13. The first kappa shape index (κ1) is 18.0. The van der Waals surface area contributed by atoms with Crippen LogP contribution in [0.3, 0.4) is 0 Å². The van der Waals surface area contributed by atoms with Crippen LogP contribution >= 0.6 is 0 Å². The second kappa shape index (κ2) is 6.48. The first-order chi connectivity index (χ1) is 12.2. The zero-order valence-corrected chi connectivity index (χ0v) is 15.9. The maximum absolute atomic E-state index is 12.4. The van der Waals surface area contributed by atoms with E-state index in [0.29, 0.717) is 17.5 Å². The molecule has 0 bridgehead atoms. The number of primary amides is 1. The fourth-order valence-corrected chi connectivity index (χ4v) is 3.96. The SMILES string of the molecule is Cc1cc(C)c(Cc2cccc3c2c(C(N)=O)c(C)n3C(C)C)c(=O)[nH]1. The Labute approximate surface area is 152 Å². The molecule has 136 valence electrons. The number of carbonyl (C=O) groups excluding carboxylic acids is 1. The maximum Gasteiger partial charge on any atom is 0.251 e. The van der Waals surface area contributed by atoms with E-state index in [1.165, 1.54) is 0 Å². The van der Waals surface area contributed by atoms with Crippen LogP contribution < -0.4 is 11.3 Å². The van der Waals surface area contributed by atoms with Gasteiger partial charge in [0.05, 0.1) is 5.56 Å². The summed E-state index contributed by atoms with van der Waals surface area (Å²) in [7, 11) is 0. The number of aryl methyl sites for hydroxylation is 2. The van der Waals surface area contributed by atoms with Crippen LogP contribution in [0.15, 0.2) is 29.1 Å². The Bertz CT molecular complexity index is 1070. The van der Waals surface area contributed by atoms with Gasteiger partial charge in [0.25, 0.3) is 11.5 Å². The molecule has 0 aliphatic rings. The molecule has 0 aliphatic carbocycles. The van der Waals surface area contributed by atoms with Crippen molar-refractivity contribution in [1.82, 2.24) is 9.55 Å². The van der Waals surface area contributed by atoms with Crippen molar-refractivity contribution in [3.63, 3.8) is 0 Å². The normalized spacial score (nSPS) is 11.5. The lowest BCUT2D eigenvalue weighted by molar-refractivity contribution is 0.100. The summed E-state index contributed by atoms with van der Waals surface area (Å²) in [6, 6.07) is 8.11. The van der Waals surface area contributed by atoms with Gasteiger partial charge in [0.15, 0.2) is 0 Å². The third-order valence-electron chi connectivity index (χ3n) is 4.99. The van der Waals surface area contributed by atoms with Crippen LogP contribution in [0.2, 0.25) is 0 Å². The average molecular weight is 351 g/mol. The van der Waals surface area contributed by atoms with Gasteiger partial charge in [-0.15, -0.1) is 0 Å². The second-order valence-electron chi connectivity index (χ2n) is 7.22. The highest BCUT2D eigenvalue weighted by Crippen LogP contribution is 2.32. The monoisotopic (exact) mass is 351 g/mol. The van der Waals surface area contributed by atoms with E-state index in [2.05, 4.69) is 23.4 Å². The molecule has 0 fully saturated rings. The minimum Gasteiger partial charge on any atom is -0.366 e. The number of nitrogens with zero attached hydrogens (tertiary/aromatic N) is 1. The predicted molar refractivity (Wildman–Crippen MR) is 105 cm³/mol. The summed E-state index contributed by atoms with van der Waals surface area (Å²) in [4.78, 5) is 27.5. The Kier molecular flexibility index (Phi) is 4.48.